The predicted octanol–water partition coefficient (Wildman–Crippen LogP) is 2.20. The number of hydrogen-bond donors (Lipinski definition) is 1. The smallest absolute Gasteiger partial charge is 0.330 e. The fourth-order valence-electron chi connectivity index (χ4n) is 1.43. The molecule has 0 saturated heterocycles. The molecule has 0 spiro atoms. The normalized spacial score (nSPS) is 10.2. The SMILES string of the molecule is CCNc1nc(OCC)nc(Oc2ccc(C)nc2)n1. The minimum atomic E-state index is 0.171. The van der Waals surface area contributed by atoms with E-state index in [1.165, 1.54) is 0 Å². The Bertz CT molecular complexity index is 535. The summed E-state index contributed by atoms with van der Waals surface area (Å²) in [4.78, 5) is 16.5. The molecule has 2 aromatic rings. The molecule has 7 nitrogen and oxygen atoms in total. The lowest BCUT2D eigenvalue weighted by Gasteiger charge is -2.08. The Morgan fingerprint density at radius 1 is 1.10 bits per heavy atom. The first-order valence-corrected chi connectivity index (χ1v) is 6.44. The van der Waals surface area contributed by atoms with Gasteiger partial charge < -0.3 is 14.8 Å². The number of rotatable bonds is 6. The summed E-state index contributed by atoms with van der Waals surface area (Å²) in [5.41, 5.74) is 0.913. The Labute approximate surface area is 117 Å². The Hall–Kier alpha value is -2.44. The first kappa shape index (κ1) is 14.0. The maximum absolute atomic E-state index is 5.56. The molecule has 7 heteroatoms. The van der Waals surface area contributed by atoms with Crippen LogP contribution in [0.4, 0.5) is 5.95 Å². The average molecular weight is 275 g/mol. The summed E-state index contributed by atoms with van der Waals surface area (Å²) in [6, 6.07) is 4.06. The lowest BCUT2D eigenvalue weighted by atomic mass is 10.4. The zero-order valence-electron chi connectivity index (χ0n) is 11.8. The Morgan fingerprint density at radius 3 is 2.55 bits per heavy atom. The van der Waals surface area contributed by atoms with Gasteiger partial charge in [-0.2, -0.15) is 9.97 Å². The van der Waals surface area contributed by atoms with Crippen LogP contribution in [-0.2, 0) is 0 Å². The summed E-state index contributed by atoms with van der Waals surface area (Å²) in [6.07, 6.45) is 1.62. The van der Waals surface area contributed by atoms with Crippen LogP contribution < -0.4 is 14.8 Å². The van der Waals surface area contributed by atoms with E-state index >= 15 is 0 Å². The van der Waals surface area contributed by atoms with Crippen LogP contribution in [0.3, 0.4) is 0 Å². The summed E-state index contributed by atoms with van der Waals surface area (Å²) in [7, 11) is 0. The lowest BCUT2D eigenvalue weighted by molar-refractivity contribution is 0.303. The van der Waals surface area contributed by atoms with Crippen LogP contribution in [0.5, 0.6) is 17.8 Å². The van der Waals surface area contributed by atoms with Crippen molar-refractivity contribution in [1.29, 1.82) is 0 Å². The second kappa shape index (κ2) is 6.65. The van der Waals surface area contributed by atoms with E-state index in [4.69, 9.17) is 9.47 Å². The molecule has 0 atom stereocenters. The van der Waals surface area contributed by atoms with E-state index in [1.807, 2.05) is 26.8 Å². The van der Waals surface area contributed by atoms with Crippen molar-refractivity contribution in [3.05, 3.63) is 24.0 Å². The highest BCUT2D eigenvalue weighted by Crippen LogP contribution is 2.19. The van der Waals surface area contributed by atoms with Gasteiger partial charge in [0.2, 0.25) is 5.95 Å². The molecule has 0 aromatic carbocycles. The monoisotopic (exact) mass is 275 g/mol. The van der Waals surface area contributed by atoms with Crippen molar-refractivity contribution >= 4 is 5.95 Å². The van der Waals surface area contributed by atoms with Crippen LogP contribution in [0.15, 0.2) is 18.3 Å². The van der Waals surface area contributed by atoms with Crippen LogP contribution in [0.25, 0.3) is 0 Å². The molecular weight excluding hydrogens is 258 g/mol. The van der Waals surface area contributed by atoms with Gasteiger partial charge >= 0.3 is 12.0 Å². The second-order valence-electron chi connectivity index (χ2n) is 3.92. The van der Waals surface area contributed by atoms with Crippen molar-refractivity contribution in [1.82, 2.24) is 19.9 Å². The molecule has 2 heterocycles. The first-order valence-electron chi connectivity index (χ1n) is 6.44. The van der Waals surface area contributed by atoms with Crippen molar-refractivity contribution in [3.8, 4) is 17.8 Å². The van der Waals surface area contributed by atoms with Crippen LogP contribution in [0.1, 0.15) is 19.5 Å². The molecular formula is C13H17N5O2. The fourth-order valence-corrected chi connectivity index (χ4v) is 1.43. The van der Waals surface area contributed by atoms with Gasteiger partial charge in [0.25, 0.3) is 0 Å². The van der Waals surface area contributed by atoms with E-state index < -0.39 is 0 Å². The van der Waals surface area contributed by atoms with Gasteiger partial charge in [0.05, 0.1) is 12.8 Å². The number of ether oxygens (including phenoxy) is 2. The summed E-state index contributed by atoms with van der Waals surface area (Å²) in [6.45, 7) is 6.89. The number of nitrogens with one attached hydrogen (secondary N) is 1. The van der Waals surface area contributed by atoms with E-state index in [0.29, 0.717) is 24.8 Å². The van der Waals surface area contributed by atoms with Crippen LogP contribution in [-0.4, -0.2) is 33.1 Å². The molecule has 20 heavy (non-hydrogen) atoms. The molecule has 0 unspecified atom stereocenters. The average Bonchev–Trinajstić information content (AvgIpc) is 2.42. The number of pyridine rings is 1. The van der Waals surface area contributed by atoms with Crippen LogP contribution in [0, 0.1) is 6.92 Å². The molecule has 0 saturated carbocycles. The lowest BCUT2D eigenvalue weighted by Crippen LogP contribution is -2.07. The zero-order chi connectivity index (χ0) is 14.4. The molecule has 0 bridgehead atoms. The highest BCUT2D eigenvalue weighted by molar-refractivity contribution is 5.29. The molecule has 106 valence electrons. The Morgan fingerprint density at radius 2 is 1.90 bits per heavy atom. The maximum Gasteiger partial charge on any atom is 0.330 e. The third kappa shape index (κ3) is 3.78. The topological polar surface area (TPSA) is 82.1 Å². The molecule has 2 aromatic heterocycles. The van der Waals surface area contributed by atoms with Gasteiger partial charge in [-0.25, -0.2) is 0 Å². The number of nitrogens with zero attached hydrogens (tertiary/aromatic N) is 4. The van der Waals surface area contributed by atoms with Crippen molar-refractivity contribution in [2.24, 2.45) is 0 Å². The van der Waals surface area contributed by atoms with Crippen molar-refractivity contribution in [3.63, 3.8) is 0 Å². The van der Waals surface area contributed by atoms with Gasteiger partial charge in [0.15, 0.2) is 0 Å². The number of hydrogen-bond acceptors (Lipinski definition) is 7. The van der Waals surface area contributed by atoms with Gasteiger partial charge in [-0.1, -0.05) is 0 Å². The largest absolute Gasteiger partial charge is 0.464 e. The summed E-state index contributed by atoms with van der Waals surface area (Å²) in [5, 5.41) is 3.00. The van der Waals surface area contributed by atoms with Gasteiger partial charge in [-0.05, 0) is 32.9 Å². The molecule has 0 aliphatic carbocycles. The maximum atomic E-state index is 5.56. The van der Waals surface area contributed by atoms with E-state index in [9.17, 15) is 0 Å². The minimum Gasteiger partial charge on any atom is -0.464 e. The van der Waals surface area contributed by atoms with Gasteiger partial charge in [0.1, 0.15) is 5.75 Å². The van der Waals surface area contributed by atoms with Crippen molar-refractivity contribution in [2.75, 3.05) is 18.5 Å². The van der Waals surface area contributed by atoms with E-state index in [1.54, 1.807) is 12.3 Å². The highest BCUT2D eigenvalue weighted by atomic mass is 16.5. The van der Waals surface area contributed by atoms with Crippen LogP contribution >= 0.6 is 0 Å². The van der Waals surface area contributed by atoms with Gasteiger partial charge in [0, 0.05) is 12.2 Å². The predicted molar refractivity (Wildman–Crippen MR) is 74.2 cm³/mol. The van der Waals surface area contributed by atoms with Gasteiger partial charge in [-0.15, -0.1) is 4.98 Å². The number of aromatic nitrogens is 4. The van der Waals surface area contributed by atoms with E-state index in [0.717, 1.165) is 5.69 Å². The highest BCUT2D eigenvalue weighted by Gasteiger charge is 2.09. The molecule has 0 radical (unpaired) electrons. The van der Waals surface area contributed by atoms with Crippen LogP contribution in [0.2, 0.25) is 0 Å². The first-order chi connectivity index (χ1) is 9.71. The molecule has 0 fully saturated rings. The second-order valence-corrected chi connectivity index (χ2v) is 3.92. The molecule has 0 amide bonds. The Balaban J connectivity index is 2.22. The zero-order valence-corrected chi connectivity index (χ0v) is 11.8. The summed E-state index contributed by atoms with van der Waals surface area (Å²) in [5.74, 6) is 0.979. The van der Waals surface area contributed by atoms with E-state index in [-0.39, 0.29) is 12.0 Å². The van der Waals surface area contributed by atoms with Crippen molar-refractivity contribution < 1.29 is 9.47 Å². The number of anilines is 1. The standard InChI is InChI=1S/C13H17N5O2/c1-4-14-11-16-12(19-5-2)18-13(17-11)20-10-7-6-9(3)15-8-10/h6-8H,4-5H2,1-3H3,(H,14,16,17,18). The quantitative estimate of drug-likeness (QED) is 0.865. The molecule has 1 N–H and O–H groups in total. The van der Waals surface area contributed by atoms with Gasteiger partial charge in [-0.3, -0.25) is 4.98 Å². The molecule has 0 aliphatic rings. The summed E-state index contributed by atoms with van der Waals surface area (Å²) >= 11 is 0. The van der Waals surface area contributed by atoms with Crippen molar-refractivity contribution in [2.45, 2.75) is 20.8 Å². The Kier molecular flexibility index (Phi) is 4.65. The number of aryl methyl sites for hydroxylation is 1. The van der Waals surface area contributed by atoms with E-state index in [2.05, 4.69) is 25.3 Å². The fraction of sp³-hybridized carbons (Fsp3) is 0.385. The third-order valence-corrected chi connectivity index (χ3v) is 2.30. The minimum absolute atomic E-state index is 0.171. The summed E-state index contributed by atoms with van der Waals surface area (Å²) < 4.78 is 10.9. The molecule has 2 rings (SSSR count). The third-order valence-electron chi connectivity index (χ3n) is 2.30. The molecule has 0 aliphatic heterocycles.